The summed E-state index contributed by atoms with van der Waals surface area (Å²) in [4.78, 5) is 10.9. The Labute approximate surface area is 187 Å². The number of hydrazone groups is 1. The summed E-state index contributed by atoms with van der Waals surface area (Å²) in [6.07, 6.45) is 4.34. The molecule has 3 N–H and O–H groups in total. The van der Waals surface area contributed by atoms with Crippen LogP contribution in [0.4, 0.5) is 15.9 Å². The number of nitrogens with one attached hydrogen (secondary N) is 1. The van der Waals surface area contributed by atoms with Crippen molar-refractivity contribution in [1.82, 2.24) is 15.0 Å². The molecule has 1 unspecified atom stereocenters. The van der Waals surface area contributed by atoms with Crippen LogP contribution in [-0.4, -0.2) is 50.2 Å². The average Bonchev–Trinajstić information content (AvgIpc) is 3.14. The first-order valence-corrected chi connectivity index (χ1v) is 10.9. The number of benzene rings is 1. The zero-order chi connectivity index (χ0) is 22.0. The largest absolute Gasteiger partial charge is 0.394 e. The minimum atomic E-state index is -0.880. The number of aliphatic hydroxyl groups excluding tert-OH is 2. The van der Waals surface area contributed by atoms with E-state index in [1.807, 2.05) is 0 Å². The number of thiophene rings is 1. The maximum absolute atomic E-state index is 13.5. The van der Waals surface area contributed by atoms with Crippen LogP contribution in [0.25, 0.3) is 10.2 Å². The van der Waals surface area contributed by atoms with Gasteiger partial charge in [0.15, 0.2) is 0 Å². The van der Waals surface area contributed by atoms with Crippen LogP contribution in [0.1, 0.15) is 16.9 Å². The third kappa shape index (κ3) is 4.69. The fourth-order valence-corrected chi connectivity index (χ4v) is 4.89. The molecule has 0 amide bonds. The second-order valence-corrected chi connectivity index (χ2v) is 8.63. The maximum Gasteiger partial charge on any atom is 0.142 e. The van der Waals surface area contributed by atoms with E-state index in [1.54, 1.807) is 22.4 Å². The first-order chi connectivity index (χ1) is 15.0. The summed E-state index contributed by atoms with van der Waals surface area (Å²) in [5.41, 5.74) is 2.79. The Kier molecular flexibility index (Phi) is 6.47. The van der Waals surface area contributed by atoms with Crippen molar-refractivity contribution in [2.75, 3.05) is 18.5 Å². The number of halogens is 2. The molecule has 10 heteroatoms. The number of aromatic nitrogens is 2. The fraction of sp³-hybridized carbons (Fsp3) is 0.286. The molecule has 7 nitrogen and oxygen atoms in total. The van der Waals surface area contributed by atoms with Crippen molar-refractivity contribution < 1.29 is 14.6 Å². The van der Waals surface area contributed by atoms with Gasteiger partial charge in [-0.1, -0.05) is 18.2 Å². The Bertz CT molecular complexity index is 1150. The summed E-state index contributed by atoms with van der Waals surface area (Å²) in [5, 5.41) is 29.1. The molecule has 162 valence electrons. The van der Waals surface area contributed by atoms with Crippen molar-refractivity contribution in [3.05, 3.63) is 58.6 Å². The van der Waals surface area contributed by atoms with Gasteiger partial charge >= 0.3 is 0 Å². The van der Waals surface area contributed by atoms with Crippen LogP contribution in [0, 0.1) is 5.82 Å². The molecule has 0 aliphatic heterocycles. The van der Waals surface area contributed by atoms with Crippen LogP contribution in [0.3, 0.4) is 0 Å². The van der Waals surface area contributed by atoms with Gasteiger partial charge < -0.3 is 15.5 Å². The van der Waals surface area contributed by atoms with Gasteiger partial charge in [-0.3, -0.25) is 5.01 Å². The van der Waals surface area contributed by atoms with Gasteiger partial charge in [0.05, 0.1) is 29.7 Å². The summed E-state index contributed by atoms with van der Waals surface area (Å²) in [5.74, 6) is 0.184. The zero-order valence-electron chi connectivity index (χ0n) is 16.6. The van der Waals surface area contributed by atoms with Gasteiger partial charge in [0, 0.05) is 28.9 Å². The van der Waals surface area contributed by atoms with E-state index in [2.05, 4.69) is 27.0 Å². The van der Waals surface area contributed by atoms with Gasteiger partial charge in [-0.25, -0.2) is 14.4 Å². The number of nitrogens with zero attached hydrogens (tertiary/aromatic N) is 4. The lowest BCUT2D eigenvalue weighted by molar-refractivity contribution is 0.0724. The molecule has 2 aromatic heterocycles. The third-order valence-electron chi connectivity index (χ3n) is 4.97. The number of hydrogen-bond donors (Lipinski definition) is 3. The molecule has 1 aliphatic rings. The van der Waals surface area contributed by atoms with Crippen molar-refractivity contribution in [2.24, 2.45) is 5.10 Å². The second kappa shape index (κ2) is 9.27. The van der Waals surface area contributed by atoms with E-state index in [4.69, 9.17) is 16.7 Å². The van der Waals surface area contributed by atoms with E-state index in [0.717, 1.165) is 33.6 Å². The van der Waals surface area contributed by atoms with Crippen molar-refractivity contribution in [2.45, 2.75) is 25.4 Å². The Morgan fingerprint density at radius 1 is 1.39 bits per heavy atom. The SMILES string of the molecule is C=CN(CC(O)CO)/N=C1/CCc2c(sc3ncnc(Nc4ccc(F)c(Cl)c4)c23)C1. The summed E-state index contributed by atoms with van der Waals surface area (Å²) < 4.78 is 13.5. The Hall–Kier alpha value is -2.59. The van der Waals surface area contributed by atoms with Gasteiger partial charge in [-0.05, 0) is 36.6 Å². The molecule has 3 aromatic rings. The molecule has 0 spiro atoms. The molecular formula is C21H21ClFN5O2S. The molecule has 31 heavy (non-hydrogen) atoms. The van der Waals surface area contributed by atoms with Crippen LogP contribution < -0.4 is 5.32 Å². The number of hydrogen-bond acceptors (Lipinski definition) is 8. The van der Waals surface area contributed by atoms with E-state index in [0.29, 0.717) is 17.9 Å². The Morgan fingerprint density at radius 3 is 2.97 bits per heavy atom. The predicted octanol–water partition coefficient (Wildman–Crippen LogP) is 3.87. The summed E-state index contributed by atoms with van der Waals surface area (Å²) in [7, 11) is 0. The molecule has 0 fully saturated rings. The van der Waals surface area contributed by atoms with E-state index < -0.39 is 11.9 Å². The molecule has 1 aromatic carbocycles. The molecule has 1 atom stereocenters. The minimum Gasteiger partial charge on any atom is -0.394 e. The molecule has 4 rings (SSSR count). The molecule has 0 radical (unpaired) electrons. The zero-order valence-corrected chi connectivity index (χ0v) is 18.1. The fourth-order valence-electron chi connectivity index (χ4n) is 3.49. The highest BCUT2D eigenvalue weighted by Gasteiger charge is 2.23. The second-order valence-electron chi connectivity index (χ2n) is 7.14. The third-order valence-corrected chi connectivity index (χ3v) is 6.40. The van der Waals surface area contributed by atoms with Crippen LogP contribution in [0.5, 0.6) is 0 Å². The summed E-state index contributed by atoms with van der Waals surface area (Å²) in [6.45, 7) is 3.58. The quantitative estimate of drug-likeness (QED) is 0.462. The number of rotatable bonds is 7. The molecule has 0 bridgehead atoms. The Balaban J connectivity index is 1.62. The predicted molar refractivity (Wildman–Crippen MR) is 122 cm³/mol. The highest BCUT2D eigenvalue weighted by Crippen LogP contribution is 2.38. The summed E-state index contributed by atoms with van der Waals surface area (Å²) in [6, 6.07) is 4.45. The van der Waals surface area contributed by atoms with Crippen molar-refractivity contribution in [3.8, 4) is 0 Å². The van der Waals surface area contributed by atoms with Gasteiger partial charge in [0.2, 0.25) is 0 Å². The molecule has 0 saturated carbocycles. The first-order valence-electron chi connectivity index (χ1n) is 9.70. The molecular weight excluding hydrogens is 441 g/mol. The lowest BCUT2D eigenvalue weighted by Gasteiger charge is -2.21. The normalized spacial score (nSPS) is 15.7. The van der Waals surface area contributed by atoms with Gasteiger partial charge in [0.25, 0.3) is 0 Å². The maximum atomic E-state index is 13.5. The number of aryl methyl sites for hydroxylation is 1. The lowest BCUT2D eigenvalue weighted by atomic mass is 9.95. The number of fused-ring (bicyclic) bond motifs is 3. The van der Waals surface area contributed by atoms with E-state index in [9.17, 15) is 9.50 Å². The van der Waals surface area contributed by atoms with Crippen molar-refractivity contribution in [1.29, 1.82) is 0 Å². The van der Waals surface area contributed by atoms with Crippen LogP contribution in [0.2, 0.25) is 5.02 Å². The highest BCUT2D eigenvalue weighted by atomic mass is 35.5. The number of anilines is 2. The van der Waals surface area contributed by atoms with Gasteiger partial charge in [-0.15, -0.1) is 11.3 Å². The van der Waals surface area contributed by atoms with Crippen LogP contribution >= 0.6 is 22.9 Å². The standard InChI is InChI=1S/C21H21ClFN5O2S/c1-2-28(9-14(30)10-29)27-13-3-5-15-18(8-13)31-21-19(15)20(24-11-25-21)26-12-4-6-17(23)16(22)7-12/h2,4,6-7,11,14,29-30H,1,3,5,8-10H2,(H,24,25,26)/b27-13-. The topological polar surface area (TPSA) is 93.9 Å². The lowest BCUT2D eigenvalue weighted by Crippen LogP contribution is -2.28. The van der Waals surface area contributed by atoms with E-state index in [1.165, 1.54) is 30.2 Å². The monoisotopic (exact) mass is 461 g/mol. The summed E-state index contributed by atoms with van der Waals surface area (Å²) >= 11 is 7.50. The minimum absolute atomic E-state index is 0.0431. The molecule has 0 saturated heterocycles. The Morgan fingerprint density at radius 2 is 2.23 bits per heavy atom. The van der Waals surface area contributed by atoms with Crippen molar-refractivity contribution >= 4 is 50.4 Å². The van der Waals surface area contributed by atoms with Gasteiger partial charge in [0.1, 0.15) is 22.8 Å². The van der Waals surface area contributed by atoms with E-state index in [-0.39, 0.29) is 18.2 Å². The first kappa shape index (κ1) is 21.6. The van der Waals surface area contributed by atoms with Crippen LogP contribution in [0.15, 0.2) is 42.4 Å². The number of aliphatic hydroxyl groups is 2. The van der Waals surface area contributed by atoms with Crippen LogP contribution in [-0.2, 0) is 12.8 Å². The highest BCUT2D eigenvalue weighted by molar-refractivity contribution is 7.19. The van der Waals surface area contributed by atoms with Crippen molar-refractivity contribution in [3.63, 3.8) is 0 Å². The molecule has 1 aliphatic carbocycles. The average molecular weight is 462 g/mol. The van der Waals surface area contributed by atoms with Gasteiger partial charge in [-0.2, -0.15) is 5.10 Å². The van der Waals surface area contributed by atoms with E-state index >= 15 is 0 Å². The molecule has 2 heterocycles. The smallest absolute Gasteiger partial charge is 0.142 e.